The molecule has 0 saturated carbocycles. The highest BCUT2D eigenvalue weighted by molar-refractivity contribution is 7.98. The molecule has 0 radical (unpaired) electrons. The van der Waals surface area contributed by atoms with Gasteiger partial charge in [-0.25, -0.2) is 4.79 Å². The van der Waals surface area contributed by atoms with E-state index >= 15 is 0 Å². The number of esters is 1. The van der Waals surface area contributed by atoms with Gasteiger partial charge in [0.2, 0.25) is 0 Å². The Morgan fingerprint density at radius 1 is 1.58 bits per heavy atom. The lowest BCUT2D eigenvalue weighted by Gasteiger charge is -2.03. The van der Waals surface area contributed by atoms with Gasteiger partial charge in [0, 0.05) is 23.3 Å². The Bertz CT molecular complexity index is 502. The summed E-state index contributed by atoms with van der Waals surface area (Å²) in [7, 11) is 0. The Kier molecular flexibility index (Phi) is 6.55. The molecule has 100 valence electrons. The van der Waals surface area contributed by atoms with Crippen LogP contribution in [0.4, 0.5) is 0 Å². The fourth-order valence-corrected chi connectivity index (χ4v) is 2.11. The van der Waals surface area contributed by atoms with Crippen molar-refractivity contribution in [3.8, 4) is 6.07 Å². The van der Waals surface area contributed by atoms with Gasteiger partial charge in [-0.05, 0) is 24.6 Å². The number of nitriles is 1. The standard InChI is InChI=1S/C14H16N2O2S/c1-11(16)7-14(17)18-5-6-19-10-13-4-2-3-12(8-13)9-15/h2-4,7-8H,5-6,10,16H2,1H3/b11-7-. The van der Waals surface area contributed by atoms with Crippen LogP contribution in [0.2, 0.25) is 0 Å². The van der Waals surface area contributed by atoms with E-state index in [1.807, 2.05) is 18.2 Å². The molecule has 1 aromatic carbocycles. The van der Waals surface area contributed by atoms with Crippen LogP contribution < -0.4 is 5.73 Å². The zero-order chi connectivity index (χ0) is 14.1. The predicted octanol–water partition coefficient (Wildman–Crippen LogP) is 2.20. The molecule has 0 fully saturated rings. The number of carbonyl (C=O) groups excluding carboxylic acids is 1. The number of benzene rings is 1. The topological polar surface area (TPSA) is 76.1 Å². The molecule has 0 saturated heterocycles. The fourth-order valence-electron chi connectivity index (χ4n) is 1.35. The van der Waals surface area contributed by atoms with Crippen LogP contribution in [0.25, 0.3) is 0 Å². The maximum atomic E-state index is 11.1. The van der Waals surface area contributed by atoms with E-state index in [4.69, 9.17) is 15.7 Å². The third kappa shape index (κ3) is 6.53. The van der Waals surface area contributed by atoms with Crippen LogP contribution in [0, 0.1) is 11.3 Å². The molecule has 2 N–H and O–H groups in total. The summed E-state index contributed by atoms with van der Waals surface area (Å²) in [6, 6.07) is 9.58. The number of nitrogens with zero attached hydrogens (tertiary/aromatic N) is 1. The molecular formula is C14H16N2O2S. The second-order valence-electron chi connectivity index (χ2n) is 3.92. The molecule has 0 aromatic heterocycles. The molecule has 0 bridgehead atoms. The molecule has 19 heavy (non-hydrogen) atoms. The minimum Gasteiger partial charge on any atom is -0.462 e. The smallest absolute Gasteiger partial charge is 0.332 e. The fraction of sp³-hybridized carbons (Fsp3) is 0.286. The van der Waals surface area contributed by atoms with Crippen molar-refractivity contribution in [2.45, 2.75) is 12.7 Å². The SMILES string of the molecule is C/C(N)=C/C(=O)OCCSCc1cccc(C#N)c1. The monoisotopic (exact) mass is 276 g/mol. The largest absolute Gasteiger partial charge is 0.462 e. The molecule has 0 unspecified atom stereocenters. The zero-order valence-electron chi connectivity index (χ0n) is 10.8. The van der Waals surface area contributed by atoms with E-state index in [9.17, 15) is 4.79 Å². The number of hydrogen-bond donors (Lipinski definition) is 1. The van der Waals surface area contributed by atoms with Crippen molar-refractivity contribution in [1.29, 1.82) is 5.26 Å². The van der Waals surface area contributed by atoms with E-state index in [0.29, 0.717) is 23.6 Å². The van der Waals surface area contributed by atoms with Crippen LogP contribution in [-0.4, -0.2) is 18.3 Å². The summed E-state index contributed by atoms with van der Waals surface area (Å²) in [6.45, 7) is 1.99. The van der Waals surface area contributed by atoms with Crippen molar-refractivity contribution >= 4 is 17.7 Å². The number of ether oxygens (including phenoxy) is 1. The maximum absolute atomic E-state index is 11.1. The highest BCUT2D eigenvalue weighted by Gasteiger charge is 1.99. The van der Waals surface area contributed by atoms with Gasteiger partial charge in [-0.3, -0.25) is 0 Å². The second kappa shape index (κ2) is 8.22. The van der Waals surface area contributed by atoms with Crippen molar-refractivity contribution < 1.29 is 9.53 Å². The number of allylic oxidation sites excluding steroid dienone is 1. The van der Waals surface area contributed by atoms with E-state index in [1.165, 1.54) is 6.08 Å². The summed E-state index contributed by atoms with van der Waals surface area (Å²) in [5.41, 5.74) is 7.54. The Morgan fingerprint density at radius 2 is 2.37 bits per heavy atom. The molecule has 4 nitrogen and oxygen atoms in total. The minimum absolute atomic E-state index is 0.352. The number of thioether (sulfide) groups is 1. The molecule has 0 heterocycles. The summed E-state index contributed by atoms with van der Waals surface area (Å²) < 4.78 is 4.97. The van der Waals surface area contributed by atoms with Gasteiger partial charge in [-0.1, -0.05) is 12.1 Å². The molecule has 0 aliphatic heterocycles. The first-order valence-electron chi connectivity index (χ1n) is 5.79. The lowest BCUT2D eigenvalue weighted by atomic mass is 10.2. The van der Waals surface area contributed by atoms with E-state index in [1.54, 1.807) is 24.8 Å². The number of carbonyl (C=O) groups is 1. The van der Waals surface area contributed by atoms with Gasteiger partial charge in [-0.2, -0.15) is 17.0 Å². The van der Waals surface area contributed by atoms with Crippen molar-refractivity contribution in [3.63, 3.8) is 0 Å². The van der Waals surface area contributed by atoms with Crippen molar-refractivity contribution in [3.05, 3.63) is 47.2 Å². The highest BCUT2D eigenvalue weighted by atomic mass is 32.2. The van der Waals surface area contributed by atoms with E-state index in [0.717, 1.165) is 11.3 Å². The first-order chi connectivity index (χ1) is 9.11. The number of rotatable bonds is 6. The van der Waals surface area contributed by atoms with Gasteiger partial charge >= 0.3 is 5.97 Å². The second-order valence-corrected chi connectivity index (χ2v) is 5.03. The van der Waals surface area contributed by atoms with Crippen LogP contribution in [0.1, 0.15) is 18.1 Å². The third-order valence-corrected chi connectivity index (χ3v) is 3.14. The van der Waals surface area contributed by atoms with Crippen molar-refractivity contribution in [2.24, 2.45) is 5.73 Å². The van der Waals surface area contributed by atoms with Gasteiger partial charge < -0.3 is 10.5 Å². The Morgan fingerprint density at radius 3 is 3.05 bits per heavy atom. The number of hydrogen-bond acceptors (Lipinski definition) is 5. The van der Waals surface area contributed by atoms with Gasteiger partial charge in [0.15, 0.2) is 0 Å². The molecule has 0 amide bonds. The quantitative estimate of drug-likeness (QED) is 0.489. The van der Waals surface area contributed by atoms with Crippen LogP contribution >= 0.6 is 11.8 Å². The van der Waals surface area contributed by atoms with Gasteiger partial charge in [0.05, 0.1) is 11.6 Å². The Balaban J connectivity index is 2.23. The first-order valence-corrected chi connectivity index (χ1v) is 6.94. The van der Waals surface area contributed by atoms with Crippen molar-refractivity contribution in [1.82, 2.24) is 0 Å². The number of nitrogens with two attached hydrogens (primary N) is 1. The average molecular weight is 276 g/mol. The van der Waals surface area contributed by atoms with Gasteiger partial charge in [0.1, 0.15) is 6.61 Å². The summed E-state index contributed by atoms with van der Waals surface area (Å²) >= 11 is 1.65. The normalized spacial score (nSPS) is 10.8. The summed E-state index contributed by atoms with van der Waals surface area (Å²) in [4.78, 5) is 11.1. The van der Waals surface area contributed by atoms with Crippen LogP contribution in [0.3, 0.4) is 0 Å². The van der Waals surface area contributed by atoms with Gasteiger partial charge in [-0.15, -0.1) is 0 Å². The molecule has 0 atom stereocenters. The van der Waals surface area contributed by atoms with Crippen LogP contribution in [-0.2, 0) is 15.3 Å². The molecule has 0 aliphatic carbocycles. The zero-order valence-corrected chi connectivity index (χ0v) is 11.6. The van der Waals surface area contributed by atoms with Crippen LogP contribution in [0.5, 0.6) is 0 Å². The predicted molar refractivity (Wildman–Crippen MR) is 76.2 cm³/mol. The molecule has 5 heteroatoms. The lowest BCUT2D eigenvalue weighted by Crippen LogP contribution is -2.06. The summed E-state index contributed by atoms with van der Waals surface area (Å²) in [5.74, 6) is 1.09. The average Bonchev–Trinajstić information content (AvgIpc) is 2.37. The Hall–Kier alpha value is -1.93. The maximum Gasteiger partial charge on any atom is 0.332 e. The first kappa shape index (κ1) is 15.1. The summed E-state index contributed by atoms with van der Waals surface area (Å²) in [5, 5.41) is 8.77. The van der Waals surface area contributed by atoms with E-state index < -0.39 is 5.97 Å². The molecule has 1 aromatic rings. The molecule has 0 aliphatic rings. The lowest BCUT2D eigenvalue weighted by molar-refractivity contribution is -0.137. The van der Waals surface area contributed by atoms with E-state index in [2.05, 4.69) is 6.07 Å². The molecule has 1 rings (SSSR count). The van der Waals surface area contributed by atoms with E-state index in [-0.39, 0.29) is 0 Å². The molecular weight excluding hydrogens is 260 g/mol. The van der Waals surface area contributed by atoms with Gasteiger partial charge in [0.25, 0.3) is 0 Å². The Labute approximate surface area is 117 Å². The minimum atomic E-state index is -0.410. The van der Waals surface area contributed by atoms with Crippen LogP contribution in [0.15, 0.2) is 36.0 Å². The van der Waals surface area contributed by atoms with Crippen molar-refractivity contribution in [2.75, 3.05) is 12.4 Å². The molecule has 0 spiro atoms. The third-order valence-electron chi connectivity index (χ3n) is 2.14. The summed E-state index contributed by atoms with van der Waals surface area (Å²) in [6.07, 6.45) is 1.26. The highest BCUT2D eigenvalue weighted by Crippen LogP contribution is 2.13.